The van der Waals surface area contributed by atoms with Crippen LogP contribution < -0.4 is 5.56 Å². The lowest BCUT2D eigenvalue weighted by molar-refractivity contribution is -0.129. The number of benzene rings is 1. The van der Waals surface area contributed by atoms with Crippen molar-refractivity contribution in [1.29, 1.82) is 0 Å². The summed E-state index contributed by atoms with van der Waals surface area (Å²) in [5.41, 5.74) is 1.70. The Hall–Kier alpha value is -2.12. The quantitative estimate of drug-likeness (QED) is 0.476. The fraction of sp³-hybridized carbons (Fsp3) is 0.381. The van der Waals surface area contributed by atoms with Crippen LogP contribution in [0.25, 0.3) is 15.9 Å². The highest BCUT2D eigenvalue weighted by Crippen LogP contribution is 2.29. The zero-order valence-corrected chi connectivity index (χ0v) is 17.7. The molecule has 5 nitrogen and oxygen atoms in total. The van der Waals surface area contributed by atoms with Crippen molar-refractivity contribution >= 4 is 39.2 Å². The van der Waals surface area contributed by atoms with Gasteiger partial charge in [0, 0.05) is 18.0 Å². The monoisotopic (exact) mass is 413 g/mol. The van der Waals surface area contributed by atoms with Crippen LogP contribution in [-0.2, 0) is 4.79 Å². The molecule has 0 spiro atoms. The van der Waals surface area contributed by atoms with Gasteiger partial charge in [-0.05, 0) is 50.8 Å². The van der Waals surface area contributed by atoms with Crippen molar-refractivity contribution in [2.75, 3.05) is 18.8 Å². The van der Waals surface area contributed by atoms with E-state index in [2.05, 4.69) is 0 Å². The maximum atomic E-state index is 13.4. The molecular formula is C21H23N3O2S2. The molecule has 0 radical (unpaired) electrons. The first kappa shape index (κ1) is 19.2. The van der Waals surface area contributed by atoms with Crippen molar-refractivity contribution in [3.63, 3.8) is 0 Å². The van der Waals surface area contributed by atoms with Gasteiger partial charge >= 0.3 is 0 Å². The number of carbonyl (C=O) groups is 1. The first-order valence-corrected chi connectivity index (χ1v) is 11.3. The number of likely N-dealkylation sites (tertiary alicyclic amines) is 1. The predicted octanol–water partition coefficient (Wildman–Crippen LogP) is 4.17. The second-order valence-corrected chi connectivity index (χ2v) is 9.21. The van der Waals surface area contributed by atoms with E-state index in [0.717, 1.165) is 46.9 Å². The number of thioether (sulfide) groups is 1. The molecule has 0 atom stereocenters. The van der Waals surface area contributed by atoms with Gasteiger partial charge in [-0.1, -0.05) is 30.0 Å². The molecule has 0 saturated carbocycles. The van der Waals surface area contributed by atoms with Gasteiger partial charge in [-0.15, -0.1) is 11.3 Å². The summed E-state index contributed by atoms with van der Waals surface area (Å²) < 4.78 is 1.65. The number of aromatic nitrogens is 2. The maximum absolute atomic E-state index is 13.4. The van der Waals surface area contributed by atoms with Gasteiger partial charge in [0.2, 0.25) is 5.91 Å². The molecule has 2 aromatic heterocycles. The Morgan fingerprint density at radius 3 is 2.57 bits per heavy atom. The van der Waals surface area contributed by atoms with E-state index in [1.165, 1.54) is 18.2 Å². The van der Waals surface area contributed by atoms with E-state index in [1.807, 2.05) is 49.1 Å². The topological polar surface area (TPSA) is 55.2 Å². The van der Waals surface area contributed by atoms with E-state index in [9.17, 15) is 9.59 Å². The van der Waals surface area contributed by atoms with Crippen LogP contribution in [0.2, 0.25) is 0 Å². The lowest BCUT2D eigenvalue weighted by Gasteiger charge is -2.26. The second kappa shape index (κ2) is 8.09. The minimum absolute atomic E-state index is 0.0639. The van der Waals surface area contributed by atoms with Gasteiger partial charge in [-0.3, -0.25) is 14.2 Å². The molecular weight excluding hydrogens is 390 g/mol. The molecule has 1 aliphatic heterocycles. The number of rotatable bonds is 4. The molecule has 0 unspecified atom stereocenters. The number of hydrogen-bond acceptors (Lipinski definition) is 5. The Labute approximate surface area is 172 Å². The predicted molar refractivity (Wildman–Crippen MR) is 116 cm³/mol. The largest absolute Gasteiger partial charge is 0.342 e. The third-order valence-electron chi connectivity index (χ3n) is 5.22. The number of piperidine rings is 1. The van der Waals surface area contributed by atoms with E-state index in [-0.39, 0.29) is 11.5 Å². The SMILES string of the molecule is Cc1sc2nc(SCC(=O)N3CCCCC3)n(-c3ccccc3)c(=O)c2c1C. The summed E-state index contributed by atoms with van der Waals surface area (Å²) in [5.74, 6) is 0.422. The molecule has 1 fully saturated rings. The summed E-state index contributed by atoms with van der Waals surface area (Å²) in [6.45, 7) is 5.65. The van der Waals surface area contributed by atoms with Gasteiger partial charge in [-0.25, -0.2) is 4.98 Å². The van der Waals surface area contributed by atoms with Crippen LogP contribution in [0.5, 0.6) is 0 Å². The summed E-state index contributed by atoms with van der Waals surface area (Å²) in [6.07, 6.45) is 3.34. The fourth-order valence-electron chi connectivity index (χ4n) is 3.54. The zero-order chi connectivity index (χ0) is 19.7. The molecule has 4 rings (SSSR count). The van der Waals surface area contributed by atoms with Gasteiger partial charge in [-0.2, -0.15) is 0 Å². The standard InChI is InChI=1S/C21H23N3O2S2/c1-14-15(2)28-19-18(14)20(26)24(16-9-5-3-6-10-16)21(22-19)27-13-17(25)23-11-7-4-8-12-23/h3,5-6,9-10H,4,7-8,11-13H2,1-2H3. The molecule has 1 aromatic carbocycles. The van der Waals surface area contributed by atoms with Crippen LogP contribution in [0.4, 0.5) is 0 Å². The van der Waals surface area contributed by atoms with E-state index in [1.54, 1.807) is 15.9 Å². The highest BCUT2D eigenvalue weighted by atomic mass is 32.2. The summed E-state index contributed by atoms with van der Waals surface area (Å²) >= 11 is 2.90. The number of thiophene rings is 1. The Bertz CT molecular complexity index is 1070. The summed E-state index contributed by atoms with van der Waals surface area (Å²) in [6, 6.07) is 9.54. The van der Waals surface area contributed by atoms with E-state index in [0.29, 0.717) is 16.3 Å². The van der Waals surface area contributed by atoms with Gasteiger partial charge in [0.25, 0.3) is 5.56 Å². The molecule has 3 aromatic rings. The van der Waals surface area contributed by atoms with Crippen LogP contribution in [0, 0.1) is 13.8 Å². The molecule has 1 aliphatic rings. The lowest BCUT2D eigenvalue weighted by atomic mass is 10.1. The Balaban J connectivity index is 1.74. The van der Waals surface area contributed by atoms with Crippen LogP contribution in [0.1, 0.15) is 29.7 Å². The van der Waals surface area contributed by atoms with Crippen molar-refractivity contribution in [2.45, 2.75) is 38.3 Å². The van der Waals surface area contributed by atoms with Crippen molar-refractivity contribution in [1.82, 2.24) is 14.5 Å². The molecule has 0 aliphatic carbocycles. The lowest BCUT2D eigenvalue weighted by Crippen LogP contribution is -2.36. The van der Waals surface area contributed by atoms with E-state index in [4.69, 9.17) is 4.98 Å². The highest BCUT2D eigenvalue weighted by Gasteiger charge is 2.21. The average molecular weight is 414 g/mol. The van der Waals surface area contributed by atoms with Crippen molar-refractivity contribution in [2.24, 2.45) is 0 Å². The molecule has 146 valence electrons. The number of hydrogen-bond donors (Lipinski definition) is 0. The number of nitrogens with zero attached hydrogens (tertiary/aromatic N) is 3. The van der Waals surface area contributed by atoms with Crippen molar-refractivity contribution in [3.8, 4) is 5.69 Å². The van der Waals surface area contributed by atoms with Gasteiger partial charge in [0.05, 0.1) is 16.8 Å². The number of para-hydroxylation sites is 1. The first-order chi connectivity index (χ1) is 13.6. The van der Waals surface area contributed by atoms with Crippen molar-refractivity contribution in [3.05, 3.63) is 51.1 Å². The van der Waals surface area contributed by atoms with Crippen LogP contribution in [0.3, 0.4) is 0 Å². The third kappa shape index (κ3) is 3.61. The number of fused-ring (bicyclic) bond motifs is 1. The van der Waals surface area contributed by atoms with Gasteiger partial charge in [0.15, 0.2) is 5.16 Å². The molecule has 1 amide bonds. The van der Waals surface area contributed by atoms with E-state index < -0.39 is 0 Å². The summed E-state index contributed by atoms with van der Waals surface area (Å²) in [5, 5.41) is 1.26. The second-order valence-electron chi connectivity index (χ2n) is 7.06. The number of aryl methyl sites for hydroxylation is 2. The molecule has 3 heterocycles. The Morgan fingerprint density at radius 1 is 1.14 bits per heavy atom. The van der Waals surface area contributed by atoms with Crippen LogP contribution >= 0.6 is 23.1 Å². The smallest absolute Gasteiger partial charge is 0.267 e. The summed E-state index contributed by atoms with van der Waals surface area (Å²) in [4.78, 5) is 34.5. The van der Waals surface area contributed by atoms with Gasteiger partial charge in [0.1, 0.15) is 4.83 Å². The molecule has 1 saturated heterocycles. The zero-order valence-electron chi connectivity index (χ0n) is 16.1. The molecule has 28 heavy (non-hydrogen) atoms. The normalized spacial score (nSPS) is 14.6. The minimum Gasteiger partial charge on any atom is -0.342 e. The Morgan fingerprint density at radius 2 is 1.86 bits per heavy atom. The number of amides is 1. The van der Waals surface area contributed by atoms with Gasteiger partial charge < -0.3 is 4.90 Å². The maximum Gasteiger partial charge on any atom is 0.267 e. The Kier molecular flexibility index (Phi) is 5.55. The molecule has 0 N–H and O–H groups in total. The van der Waals surface area contributed by atoms with Crippen LogP contribution in [-0.4, -0.2) is 39.2 Å². The van der Waals surface area contributed by atoms with Crippen molar-refractivity contribution < 1.29 is 4.79 Å². The average Bonchev–Trinajstić information content (AvgIpc) is 3.01. The van der Waals surface area contributed by atoms with E-state index >= 15 is 0 Å². The molecule has 7 heteroatoms. The minimum atomic E-state index is -0.0639. The highest BCUT2D eigenvalue weighted by molar-refractivity contribution is 7.99. The first-order valence-electron chi connectivity index (χ1n) is 9.55. The summed E-state index contributed by atoms with van der Waals surface area (Å²) in [7, 11) is 0. The molecule has 0 bridgehead atoms. The van der Waals surface area contributed by atoms with Crippen LogP contribution in [0.15, 0.2) is 40.3 Å². The fourth-order valence-corrected chi connectivity index (χ4v) is 5.52. The number of carbonyl (C=O) groups excluding carboxylic acids is 1. The third-order valence-corrected chi connectivity index (χ3v) is 7.24.